The molecule has 1 N–H and O–H groups in total. The molecule has 2 aromatic rings. The molecule has 2 aliphatic carbocycles. The number of nitrogens with one attached hydrogen (secondary N) is 1. The van der Waals surface area contributed by atoms with Crippen LogP contribution < -0.4 is 5.32 Å². The van der Waals surface area contributed by atoms with Crippen molar-refractivity contribution < 1.29 is 9.53 Å². The summed E-state index contributed by atoms with van der Waals surface area (Å²) in [4.78, 5) is 15.4. The Hall–Kier alpha value is -2.17. The molecule has 1 aliphatic heterocycles. The molecule has 1 heterocycles. The summed E-state index contributed by atoms with van der Waals surface area (Å²) in [5, 5.41) is 3.27. The van der Waals surface area contributed by atoms with E-state index in [-0.39, 0.29) is 11.9 Å². The molecule has 33 heavy (non-hydrogen) atoms. The summed E-state index contributed by atoms with van der Waals surface area (Å²) < 4.78 is 5.87. The van der Waals surface area contributed by atoms with Crippen LogP contribution >= 0.6 is 0 Å². The van der Waals surface area contributed by atoms with Gasteiger partial charge in [0.1, 0.15) is 0 Å². The van der Waals surface area contributed by atoms with Crippen molar-refractivity contribution in [2.24, 2.45) is 0 Å². The lowest BCUT2D eigenvalue weighted by atomic mass is 9.87. The second-order valence-electron chi connectivity index (χ2n) is 10.3. The summed E-state index contributed by atoms with van der Waals surface area (Å²) >= 11 is 0. The third-order valence-electron chi connectivity index (χ3n) is 7.69. The fourth-order valence-electron chi connectivity index (χ4n) is 5.36. The molecule has 0 radical (unpaired) electrons. The molecule has 2 fully saturated rings. The Morgan fingerprint density at radius 2 is 1.64 bits per heavy atom. The molecule has 1 amide bonds. The number of rotatable bonds is 7. The number of carbonyl (C=O) groups is 1. The van der Waals surface area contributed by atoms with Gasteiger partial charge in [-0.15, -0.1) is 0 Å². The van der Waals surface area contributed by atoms with Gasteiger partial charge in [0, 0.05) is 18.2 Å². The normalized spacial score (nSPS) is 21.6. The first-order valence-corrected chi connectivity index (χ1v) is 13.1. The highest BCUT2D eigenvalue weighted by atomic mass is 16.5. The van der Waals surface area contributed by atoms with Crippen LogP contribution in [-0.2, 0) is 30.7 Å². The Morgan fingerprint density at radius 1 is 0.879 bits per heavy atom. The van der Waals surface area contributed by atoms with Crippen LogP contribution in [-0.4, -0.2) is 36.0 Å². The zero-order valence-electron chi connectivity index (χ0n) is 19.9. The highest BCUT2D eigenvalue weighted by Crippen LogP contribution is 2.25. The maximum atomic E-state index is 12.8. The standard InChI is InChI=1S/C29H38N2O2/c32-29(24-11-8-22(9-12-24)21-33-28-6-5-7-28)30-27-15-14-25-18-23(10-13-26(25)19-27)20-31-16-3-1-2-4-17-31/h8-13,18,27-28H,1-7,14-17,19-21H2,(H,30,32). The van der Waals surface area contributed by atoms with Crippen molar-refractivity contribution in [3.05, 3.63) is 70.3 Å². The highest BCUT2D eigenvalue weighted by Gasteiger charge is 2.22. The Balaban J connectivity index is 1.12. The van der Waals surface area contributed by atoms with E-state index in [0.717, 1.165) is 36.9 Å². The minimum absolute atomic E-state index is 0.0349. The van der Waals surface area contributed by atoms with E-state index in [9.17, 15) is 4.79 Å². The van der Waals surface area contributed by atoms with Gasteiger partial charge in [-0.2, -0.15) is 0 Å². The van der Waals surface area contributed by atoms with Gasteiger partial charge in [-0.25, -0.2) is 0 Å². The fraction of sp³-hybridized carbons (Fsp3) is 0.552. The Kier molecular flexibility index (Phi) is 7.43. The molecular formula is C29H38N2O2. The van der Waals surface area contributed by atoms with Gasteiger partial charge in [0.2, 0.25) is 0 Å². The summed E-state index contributed by atoms with van der Waals surface area (Å²) in [5.41, 5.74) is 6.19. The first-order chi connectivity index (χ1) is 16.2. The van der Waals surface area contributed by atoms with Crippen LogP contribution in [0.1, 0.15) is 84.0 Å². The van der Waals surface area contributed by atoms with E-state index in [1.54, 1.807) is 0 Å². The molecule has 0 aromatic heterocycles. The number of aryl methyl sites for hydroxylation is 1. The molecule has 176 valence electrons. The van der Waals surface area contributed by atoms with E-state index in [4.69, 9.17) is 4.74 Å². The smallest absolute Gasteiger partial charge is 0.251 e. The SMILES string of the molecule is O=C(NC1CCc2cc(CN3CCCCCC3)ccc2C1)c1ccc(COC2CCC2)cc1. The van der Waals surface area contributed by atoms with Gasteiger partial charge in [-0.3, -0.25) is 9.69 Å². The molecule has 1 atom stereocenters. The van der Waals surface area contributed by atoms with Crippen LogP contribution in [0.25, 0.3) is 0 Å². The van der Waals surface area contributed by atoms with Gasteiger partial charge in [0.25, 0.3) is 5.91 Å². The molecule has 1 unspecified atom stereocenters. The average molecular weight is 447 g/mol. The second-order valence-corrected chi connectivity index (χ2v) is 10.3. The monoisotopic (exact) mass is 446 g/mol. The Bertz CT molecular complexity index is 927. The van der Waals surface area contributed by atoms with Crippen LogP contribution in [0.3, 0.4) is 0 Å². The van der Waals surface area contributed by atoms with Crippen molar-refractivity contribution in [2.45, 2.75) is 89.5 Å². The number of nitrogens with zero attached hydrogens (tertiary/aromatic N) is 1. The highest BCUT2D eigenvalue weighted by molar-refractivity contribution is 5.94. The van der Waals surface area contributed by atoms with Crippen molar-refractivity contribution in [1.82, 2.24) is 10.2 Å². The van der Waals surface area contributed by atoms with Gasteiger partial charge in [0.15, 0.2) is 0 Å². The fourth-order valence-corrected chi connectivity index (χ4v) is 5.36. The van der Waals surface area contributed by atoms with Crippen LogP contribution in [0.4, 0.5) is 0 Å². The van der Waals surface area contributed by atoms with Crippen molar-refractivity contribution in [3.8, 4) is 0 Å². The van der Waals surface area contributed by atoms with Crippen LogP contribution in [0.2, 0.25) is 0 Å². The van der Waals surface area contributed by atoms with Gasteiger partial charge < -0.3 is 10.1 Å². The van der Waals surface area contributed by atoms with Crippen molar-refractivity contribution >= 4 is 5.91 Å². The van der Waals surface area contributed by atoms with Crippen LogP contribution in [0, 0.1) is 0 Å². The third kappa shape index (κ3) is 6.04. The largest absolute Gasteiger partial charge is 0.374 e. The lowest BCUT2D eigenvalue weighted by molar-refractivity contribution is -0.00866. The Morgan fingerprint density at radius 3 is 2.36 bits per heavy atom. The summed E-state index contributed by atoms with van der Waals surface area (Å²) in [6.07, 6.45) is 12.5. The lowest BCUT2D eigenvalue weighted by Gasteiger charge is -2.27. The molecule has 4 nitrogen and oxygen atoms in total. The maximum absolute atomic E-state index is 12.8. The van der Waals surface area contributed by atoms with E-state index in [1.165, 1.54) is 74.7 Å². The van der Waals surface area contributed by atoms with E-state index < -0.39 is 0 Å². The van der Waals surface area contributed by atoms with E-state index in [0.29, 0.717) is 12.7 Å². The minimum Gasteiger partial charge on any atom is -0.374 e. The molecule has 3 aliphatic rings. The molecule has 5 rings (SSSR count). The van der Waals surface area contributed by atoms with E-state index >= 15 is 0 Å². The predicted molar refractivity (Wildman–Crippen MR) is 132 cm³/mol. The van der Waals surface area contributed by atoms with Crippen LogP contribution in [0.5, 0.6) is 0 Å². The number of hydrogen-bond donors (Lipinski definition) is 1. The van der Waals surface area contributed by atoms with Crippen molar-refractivity contribution in [2.75, 3.05) is 13.1 Å². The first-order valence-electron chi connectivity index (χ1n) is 13.1. The topological polar surface area (TPSA) is 41.6 Å². The van der Waals surface area contributed by atoms with Gasteiger partial charge in [-0.1, -0.05) is 43.2 Å². The van der Waals surface area contributed by atoms with Crippen molar-refractivity contribution in [3.63, 3.8) is 0 Å². The second kappa shape index (κ2) is 10.8. The molecule has 2 aromatic carbocycles. The van der Waals surface area contributed by atoms with Crippen LogP contribution in [0.15, 0.2) is 42.5 Å². The zero-order chi connectivity index (χ0) is 22.5. The van der Waals surface area contributed by atoms with E-state index in [1.807, 2.05) is 24.3 Å². The Labute approximate surface area is 198 Å². The number of likely N-dealkylation sites (tertiary alicyclic amines) is 1. The van der Waals surface area contributed by atoms with Gasteiger partial charge in [-0.05, 0) is 98.8 Å². The number of ether oxygens (including phenoxy) is 1. The number of carbonyl (C=O) groups excluding carboxylic acids is 1. The average Bonchev–Trinajstić information content (AvgIpc) is 3.07. The summed E-state index contributed by atoms with van der Waals surface area (Å²) in [6, 6.07) is 15.1. The molecular weight excluding hydrogens is 408 g/mol. The number of fused-ring (bicyclic) bond motifs is 1. The van der Waals surface area contributed by atoms with Gasteiger partial charge in [0.05, 0.1) is 12.7 Å². The third-order valence-corrected chi connectivity index (χ3v) is 7.69. The molecule has 4 heteroatoms. The zero-order valence-corrected chi connectivity index (χ0v) is 19.9. The summed E-state index contributed by atoms with van der Waals surface area (Å²) in [6.45, 7) is 4.19. The van der Waals surface area contributed by atoms with E-state index in [2.05, 4.69) is 28.4 Å². The maximum Gasteiger partial charge on any atom is 0.251 e. The molecule has 1 saturated heterocycles. The molecule has 0 spiro atoms. The quantitative estimate of drug-likeness (QED) is 0.618. The molecule has 0 bridgehead atoms. The van der Waals surface area contributed by atoms with Crippen molar-refractivity contribution in [1.29, 1.82) is 0 Å². The predicted octanol–water partition coefficient (Wildman–Crippen LogP) is 5.42. The number of hydrogen-bond acceptors (Lipinski definition) is 3. The van der Waals surface area contributed by atoms with Gasteiger partial charge >= 0.3 is 0 Å². The summed E-state index contributed by atoms with van der Waals surface area (Å²) in [7, 11) is 0. The molecule has 1 saturated carbocycles. The number of benzene rings is 2. The lowest BCUT2D eigenvalue weighted by Crippen LogP contribution is -2.38. The first kappa shape index (κ1) is 22.6. The summed E-state index contributed by atoms with van der Waals surface area (Å²) in [5.74, 6) is 0.0349. The minimum atomic E-state index is 0.0349. The number of amides is 1.